The zero-order valence-corrected chi connectivity index (χ0v) is 13.6. The first-order valence-electron chi connectivity index (χ1n) is 7.55. The van der Waals surface area contributed by atoms with Gasteiger partial charge in [-0.3, -0.25) is 4.79 Å². The number of hydrogen-bond donors (Lipinski definition) is 3. The molecule has 2 rings (SSSR count). The summed E-state index contributed by atoms with van der Waals surface area (Å²) in [6.45, 7) is 4.71. The van der Waals surface area contributed by atoms with E-state index in [0.29, 0.717) is 22.4 Å². The predicted molar refractivity (Wildman–Crippen MR) is 88.8 cm³/mol. The van der Waals surface area contributed by atoms with Crippen molar-refractivity contribution < 1.29 is 4.79 Å². The van der Waals surface area contributed by atoms with E-state index < -0.39 is 0 Å². The highest BCUT2D eigenvalue weighted by Crippen LogP contribution is 2.25. The van der Waals surface area contributed by atoms with E-state index in [2.05, 4.69) is 21.7 Å². The fraction of sp³-hybridized carbons (Fsp3) is 0.600. The number of nitrogen functional groups attached to an aromatic ring is 1. The monoisotopic (exact) mass is 308 g/mol. The molecule has 4 N–H and O–H groups in total. The molecule has 0 bridgehead atoms. The van der Waals surface area contributed by atoms with Gasteiger partial charge in [-0.2, -0.15) is 0 Å². The van der Waals surface area contributed by atoms with Crippen LogP contribution in [0.25, 0.3) is 0 Å². The first kappa shape index (κ1) is 15.8. The van der Waals surface area contributed by atoms with Gasteiger partial charge in [-0.05, 0) is 46.0 Å². The lowest BCUT2D eigenvalue weighted by atomic mass is 9.97. The minimum atomic E-state index is -0.127. The van der Waals surface area contributed by atoms with E-state index in [1.165, 1.54) is 42.6 Å². The highest BCUT2D eigenvalue weighted by atomic mass is 32.1. The third-order valence-electron chi connectivity index (χ3n) is 3.39. The zero-order valence-electron chi connectivity index (χ0n) is 12.7. The number of anilines is 2. The average Bonchev–Trinajstić information content (AvgIpc) is 2.80. The molecule has 116 valence electrons. The zero-order chi connectivity index (χ0) is 15.2. The molecule has 21 heavy (non-hydrogen) atoms. The Morgan fingerprint density at radius 1 is 1.48 bits per heavy atom. The molecule has 0 saturated heterocycles. The number of thiazole rings is 1. The van der Waals surface area contributed by atoms with Crippen LogP contribution in [0.3, 0.4) is 0 Å². The maximum Gasteiger partial charge on any atom is 0.265 e. The van der Waals surface area contributed by atoms with E-state index in [1.807, 2.05) is 13.8 Å². The van der Waals surface area contributed by atoms with E-state index in [4.69, 9.17) is 5.73 Å². The number of carbonyl (C=O) groups is 1. The summed E-state index contributed by atoms with van der Waals surface area (Å²) in [6, 6.07) is 0.268. The van der Waals surface area contributed by atoms with Gasteiger partial charge in [0.2, 0.25) is 0 Å². The Hall–Kier alpha value is -1.56. The number of nitrogens with two attached hydrogens (primary N) is 1. The van der Waals surface area contributed by atoms with Crippen molar-refractivity contribution in [3.05, 3.63) is 16.5 Å². The van der Waals surface area contributed by atoms with Gasteiger partial charge in [-0.1, -0.05) is 23.0 Å². The summed E-state index contributed by atoms with van der Waals surface area (Å²) in [6.07, 6.45) is 8.14. The molecule has 5 nitrogen and oxygen atoms in total. The molecule has 1 heterocycles. The van der Waals surface area contributed by atoms with Crippen molar-refractivity contribution in [3.63, 3.8) is 0 Å². The Balaban J connectivity index is 1.85. The van der Waals surface area contributed by atoms with Crippen LogP contribution in [-0.4, -0.2) is 23.5 Å². The molecule has 1 aromatic rings. The summed E-state index contributed by atoms with van der Waals surface area (Å²) in [5, 5.41) is 6.80. The molecule has 0 saturated carbocycles. The van der Waals surface area contributed by atoms with Crippen LogP contribution in [0.4, 0.5) is 10.9 Å². The van der Waals surface area contributed by atoms with Crippen molar-refractivity contribution in [2.24, 2.45) is 0 Å². The smallest absolute Gasteiger partial charge is 0.265 e. The largest absolute Gasteiger partial charge is 0.382 e. The van der Waals surface area contributed by atoms with Crippen molar-refractivity contribution in [3.8, 4) is 0 Å². The third kappa shape index (κ3) is 4.74. The molecular formula is C15H24N4OS. The van der Waals surface area contributed by atoms with Gasteiger partial charge in [0.25, 0.3) is 5.91 Å². The Labute approximate surface area is 130 Å². The van der Waals surface area contributed by atoms with E-state index >= 15 is 0 Å². The van der Waals surface area contributed by atoms with E-state index in [9.17, 15) is 4.79 Å². The van der Waals surface area contributed by atoms with E-state index in [-0.39, 0.29) is 11.9 Å². The molecule has 1 aliphatic rings. The summed E-state index contributed by atoms with van der Waals surface area (Å²) >= 11 is 1.31. The average molecular weight is 308 g/mol. The van der Waals surface area contributed by atoms with Crippen LogP contribution in [0, 0.1) is 0 Å². The molecular weight excluding hydrogens is 284 g/mol. The fourth-order valence-electron chi connectivity index (χ4n) is 2.35. The predicted octanol–water partition coefficient (Wildman–Crippen LogP) is 3.17. The Morgan fingerprint density at radius 3 is 2.95 bits per heavy atom. The van der Waals surface area contributed by atoms with Crippen molar-refractivity contribution >= 4 is 28.2 Å². The highest BCUT2D eigenvalue weighted by Gasteiger charge is 2.16. The second kappa shape index (κ2) is 7.45. The van der Waals surface area contributed by atoms with E-state index in [0.717, 1.165) is 6.42 Å². The molecule has 0 unspecified atom stereocenters. The molecule has 0 aliphatic heterocycles. The molecule has 6 heteroatoms. The summed E-state index contributed by atoms with van der Waals surface area (Å²) in [5.74, 6) is 0.177. The number of aromatic nitrogens is 1. The number of carbonyl (C=O) groups excluding carboxylic acids is 1. The summed E-state index contributed by atoms with van der Waals surface area (Å²) in [7, 11) is 0. The molecule has 0 radical (unpaired) electrons. The lowest BCUT2D eigenvalue weighted by molar-refractivity contribution is 0.0958. The van der Waals surface area contributed by atoms with Gasteiger partial charge in [0, 0.05) is 12.6 Å². The van der Waals surface area contributed by atoms with Gasteiger partial charge in [-0.25, -0.2) is 4.98 Å². The highest BCUT2D eigenvalue weighted by molar-refractivity contribution is 7.18. The molecule has 0 spiro atoms. The standard InChI is InChI=1S/C15H24N4OS/c1-10(2)18-15-19-13(16)12(21-15)14(20)17-9-8-11-6-4-3-5-7-11/h6,10H,3-5,7-9,16H2,1-2H3,(H,17,20)(H,18,19). The lowest BCUT2D eigenvalue weighted by Gasteiger charge is -2.12. The van der Waals surface area contributed by atoms with Gasteiger partial charge in [0.05, 0.1) is 0 Å². The van der Waals surface area contributed by atoms with Gasteiger partial charge in [0.15, 0.2) is 5.13 Å². The summed E-state index contributed by atoms with van der Waals surface area (Å²) in [4.78, 5) is 16.8. The maximum absolute atomic E-state index is 12.1. The number of hydrogen-bond acceptors (Lipinski definition) is 5. The minimum Gasteiger partial charge on any atom is -0.382 e. The second-order valence-electron chi connectivity index (χ2n) is 5.65. The van der Waals surface area contributed by atoms with Crippen LogP contribution in [-0.2, 0) is 0 Å². The van der Waals surface area contributed by atoms with Crippen LogP contribution in [0.5, 0.6) is 0 Å². The molecule has 0 fully saturated rings. The molecule has 0 aromatic carbocycles. The quantitative estimate of drug-likeness (QED) is 0.705. The van der Waals surface area contributed by atoms with Crippen molar-refractivity contribution in [2.75, 3.05) is 17.6 Å². The first-order chi connectivity index (χ1) is 10.1. The lowest BCUT2D eigenvalue weighted by Crippen LogP contribution is -2.24. The SMILES string of the molecule is CC(C)Nc1nc(N)c(C(=O)NCCC2=CCCCC2)s1. The normalized spacial score (nSPS) is 14.9. The topological polar surface area (TPSA) is 80.0 Å². The third-order valence-corrected chi connectivity index (χ3v) is 4.39. The molecule has 1 aromatic heterocycles. The van der Waals surface area contributed by atoms with Crippen LogP contribution < -0.4 is 16.4 Å². The molecule has 1 amide bonds. The molecule has 1 aliphatic carbocycles. The van der Waals surface area contributed by atoms with Crippen molar-refractivity contribution in [2.45, 2.75) is 52.0 Å². The number of amides is 1. The summed E-state index contributed by atoms with van der Waals surface area (Å²) < 4.78 is 0. The minimum absolute atomic E-state index is 0.127. The van der Waals surface area contributed by atoms with Crippen LogP contribution in [0.2, 0.25) is 0 Å². The van der Waals surface area contributed by atoms with Gasteiger partial charge < -0.3 is 16.4 Å². The van der Waals surface area contributed by atoms with Crippen LogP contribution >= 0.6 is 11.3 Å². The van der Waals surface area contributed by atoms with Gasteiger partial charge in [-0.15, -0.1) is 0 Å². The van der Waals surface area contributed by atoms with Gasteiger partial charge in [0.1, 0.15) is 10.7 Å². The van der Waals surface area contributed by atoms with Crippen molar-refractivity contribution in [1.82, 2.24) is 10.3 Å². The van der Waals surface area contributed by atoms with Crippen molar-refractivity contribution in [1.29, 1.82) is 0 Å². The number of nitrogens with zero attached hydrogens (tertiary/aromatic N) is 1. The Morgan fingerprint density at radius 2 is 2.29 bits per heavy atom. The number of allylic oxidation sites excluding steroid dienone is 1. The van der Waals surface area contributed by atoms with Crippen LogP contribution in [0.1, 0.15) is 55.6 Å². The Bertz CT molecular complexity index is 522. The molecule has 0 atom stereocenters. The fourth-order valence-corrected chi connectivity index (χ4v) is 3.30. The van der Waals surface area contributed by atoms with Crippen LogP contribution in [0.15, 0.2) is 11.6 Å². The Kier molecular flexibility index (Phi) is 5.61. The first-order valence-corrected chi connectivity index (χ1v) is 8.37. The summed E-state index contributed by atoms with van der Waals surface area (Å²) in [5.41, 5.74) is 7.28. The number of rotatable bonds is 6. The second-order valence-corrected chi connectivity index (χ2v) is 6.65. The van der Waals surface area contributed by atoms with Gasteiger partial charge >= 0.3 is 0 Å². The maximum atomic E-state index is 12.1. The number of nitrogens with one attached hydrogen (secondary N) is 2. The van der Waals surface area contributed by atoms with E-state index in [1.54, 1.807) is 0 Å².